The monoisotopic (exact) mass is 271 g/mol. The van der Waals surface area contributed by atoms with Crippen molar-refractivity contribution < 1.29 is 19.6 Å². The van der Waals surface area contributed by atoms with Crippen LogP contribution in [0.5, 0.6) is 0 Å². The van der Waals surface area contributed by atoms with E-state index in [-0.39, 0.29) is 35.5 Å². The Bertz CT molecular complexity index is 500. The van der Waals surface area contributed by atoms with E-state index >= 15 is 0 Å². The Labute approximate surface area is 107 Å². The Hall–Kier alpha value is -1.95. The van der Waals surface area contributed by atoms with Gasteiger partial charge < -0.3 is 5.11 Å². The number of Topliss-reactive ketones (excluding diaryl/α,β-unsaturated/α-hetero) is 1. The number of carboxylic acids is 1. The van der Waals surface area contributed by atoms with Gasteiger partial charge in [0.05, 0.1) is 10.5 Å². The number of benzene rings is 1. The molecule has 1 aromatic carbocycles. The topological polar surface area (TPSA) is 97.5 Å². The van der Waals surface area contributed by atoms with Crippen molar-refractivity contribution >= 4 is 29.0 Å². The van der Waals surface area contributed by atoms with E-state index < -0.39 is 16.7 Å². The van der Waals surface area contributed by atoms with Gasteiger partial charge in [0, 0.05) is 23.9 Å². The molecular weight excluding hydrogens is 262 g/mol. The molecule has 0 spiro atoms. The first-order valence-corrected chi connectivity index (χ1v) is 5.48. The lowest BCUT2D eigenvalue weighted by molar-refractivity contribution is -0.385. The first kappa shape index (κ1) is 14.1. The van der Waals surface area contributed by atoms with Crippen LogP contribution < -0.4 is 0 Å². The van der Waals surface area contributed by atoms with Gasteiger partial charge in [-0.25, -0.2) is 0 Å². The van der Waals surface area contributed by atoms with Gasteiger partial charge in [0.1, 0.15) is 0 Å². The van der Waals surface area contributed by atoms with Gasteiger partial charge in [-0.05, 0) is 18.6 Å². The van der Waals surface area contributed by atoms with E-state index in [9.17, 15) is 19.7 Å². The van der Waals surface area contributed by atoms with Crippen LogP contribution in [0.15, 0.2) is 18.2 Å². The summed E-state index contributed by atoms with van der Waals surface area (Å²) in [6, 6.07) is 3.77. The molecule has 6 nitrogen and oxygen atoms in total. The maximum atomic E-state index is 11.7. The zero-order valence-corrected chi connectivity index (χ0v) is 10.0. The lowest BCUT2D eigenvalue weighted by Gasteiger charge is -2.02. The zero-order chi connectivity index (χ0) is 13.7. The number of hydrogen-bond donors (Lipinski definition) is 1. The Morgan fingerprint density at radius 1 is 1.33 bits per heavy atom. The predicted octanol–water partition coefficient (Wildman–Crippen LogP) is 2.69. The summed E-state index contributed by atoms with van der Waals surface area (Å²) < 4.78 is 0. The van der Waals surface area contributed by atoms with E-state index in [4.69, 9.17) is 16.7 Å². The minimum absolute atomic E-state index is 0.0465. The lowest BCUT2D eigenvalue weighted by atomic mass is 10.0. The van der Waals surface area contributed by atoms with Crippen molar-refractivity contribution in [1.82, 2.24) is 0 Å². The minimum atomic E-state index is -1.01. The fourth-order valence-corrected chi connectivity index (χ4v) is 1.59. The molecule has 18 heavy (non-hydrogen) atoms. The second kappa shape index (κ2) is 6.11. The van der Waals surface area contributed by atoms with Gasteiger partial charge >= 0.3 is 5.97 Å². The van der Waals surface area contributed by atoms with Gasteiger partial charge in [-0.2, -0.15) is 0 Å². The lowest BCUT2D eigenvalue weighted by Crippen LogP contribution is -2.05. The molecule has 0 fully saturated rings. The number of aliphatic carboxylic acids is 1. The van der Waals surface area contributed by atoms with E-state index in [2.05, 4.69) is 0 Å². The highest BCUT2D eigenvalue weighted by atomic mass is 35.5. The molecule has 0 bridgehead atoms. The summed E-state index contributed by atoms with van der Waals surface area (Å²) in [5.74, 6) is -1.46. The molecule has 0 radical (unpaired) electrons. The molecule has 0 heterocycles. The first-order valence-electron chi connectivity index (χ1n) is 5.10. The number of ketones is 1. The van der Waals surface area contributed by atoms with Gasteiger partial charge in [-0.1, -0.05) is 11.6 Å². The molecule has 1 aromatic rings. The number of rotatable bonds is 6. The maximum absolute atomic E-state index is 11.7. The predicted molar refractivity (Wildman–Crippen MR) is 63.9 cm³/mol. The molecule has 0 aromatic heterocycles. The van der Waals surface area contributed by atoms with Crippen molar-refractivity contribution in [1.29, 1.82) is 0 Å². The van der Waals surface area contributed by atoms with Crippen molar-refractivity contribution in [3.63, 3.8) is 0 Å². The van der Waals surface area contributed by atoms with Crippen LogP contribution in [0.2, 0.25) is 5.02 Å². The smallest absolute Gasteiger partial charge is 0.303 e. The summed E-state index contributed by atoms with van der Waals surface area (Å²) in [5.41, 5.74) is -0.405. The second-order valence-electron chi connectivity index (χ2n) is 3.59. The first-order chi connectivity index (χ1) is 8.41. The Morgan fingerprint density at radius 2 is 2.00 bits per heavy atom. The van der Waals surface area contributed by atoms with Crippen molar-refractivity contribution in [2.24, 2.45) is 0 Å². The van der Waals surface area contributed by atoms with E-state index in [0.717, 1.165) is 6.07 Å². The summed E-state index contributed by atoms with van der Waals surface area (Å²) in [6.45, 7) is 0. The fraction of sp³-hybridized carbons (Fsp3) is 0.273. The number of nitro groups is 1. The molecule has 0 saturated carbocycles. The molecule has 1 N–H and O–H groups in total. The number of nitro benzene ring substituents is 1. The highest BCUT2D eigenvalue weighted by molar-refractivity contribution is 6.31. The molecule has 0 aliphatic carbocycles. The summed E-state index contributed by atoms with van der Waals surface area (Å²) in [4.78, 5) is 32.1. The van der Waals surface area contributed by atoms with Crippen LogP contribution in [0.1, 0.15) is 29.6 Å². The standard InChI is InChI=1S/C11H10ClNO5/c12-7-4-5-8(9(6-7)13(17)18)10(14)2-1-3-11(15)16/h4-6H,1-3H2,(H,15,16). The number of halogens is 1. The van der Waals surface area contributed by atoms with Gasteiger partial charge in [0.15, 0.2) is 5.78 Å². The van der Waals surface area contributed by atoms with Crippen LogP contribution in [-0.4, -0.2) is 21.8 Å². The molecule has 0 saturated heterocycles. The average Bonchev–Trinajstić information content (AvgIpc) is 2.28. The van der Waals surface area contributed by atoms with Crippen LogP contribution in [0.4, 0.5) is 5.69 Å². The van der Waals surface area contributed by atoms with Crippen LogP contribution in [-0.2, 0) is 4.79 Å². The Balaban J connectivity index is 2.85. The number of carboxylic acid groups (broad SMARTS) is 1. The third-order valence-corrected chi connectivity index (χ3v) is 2.49. The Kier molecular flexibility index (Phi) is 4.79. The van der Waals surface area contributed by atoms with Crippen molar-refractivity contribution in [2.75, 3.05) is 0 Å². The summed E-state index contributed by atoms with van der Waals surface area (Å²) in [7, 11) is 0. The highest BCUT2D eigenvalue weighted by Crippen LogP contribution is 2.24. The number of hydrogen-bond acceptors (Lipinski definition) is 4. The van der Waals surface area contributed by atoms with Crippen LogP contribution in [0.3, 0.4) is 0 Å². The summed E-state index contributed by atoms with van der Waals surface area (Å²) in [5, 5.41) is 19.4. The fourth-order valence-electron chi connectivity index (χ4n) is 1.43. The molecule has 0 amide bonds. The van der Waals surface area contributed by atoms with Crippen molar-refractivity contribution in [3.8, 4) is 0 Å². The average molecular weight is 272 g/mol. The summed E-state index contributed by atoms with van der Waals surface area (Å²) in [6.07, 6.45) is -0.0458. The van der Waals surface area contributed by atoms with E-state index in [1.165, 1.54) is 12.1 Å². The van der Waals surface area contributed by atoms with Gasteiger partial charge in [0.2, 0.25) is 0 Å². The second-order valence-corrected chi connectivity index (χ2v) is 4.03. The molecule has 96 valence electrons. The van der Waals surface area contributed by atoms with Crippen LogP contribution >= 0.6 is 11.6 Å². The van der Waals surface area contributed by atoms with E-state index in [1.54, 1.807) is 0 Å². The van der Waals surface area contributed by atoms with Crippen molar-refractivity contribution in [2.45, 2.75) is 19.3 Å². The van der Waals surface area contributed by atoms with Crippen LogP contribution in [0.25, 0.3) is 0 Å². The molecule has 1 rings (SSSR count). The normalized spacial score (nSPS) is 10.1. The number of carbonyl (C=O) groups is 2. The Morgan fingerprint density at radius 3 is 2.56 bits per heavy atom. The van der Waals surface area contributed by atoms with Crippen molar-refractivity contribution in [3.05, 3.63) is 38.9 Å². The number of carbonyl (C=O) groups excluding carboxylic acids is 1. The molecule has 0 atom stereocenters. The third-order valence-electron chi connectivity index (χ3n) is 2.25. The molecule has 0 aliphatic heterocycles. The van der Waals surface area contributed by atoms with Gasteiger partial charge in [0.25, 0.3) is 5.69 Å². The van der Waals surface area contributed by atoms with Crippen LogP contribution in [0, 0.1) is 10.1 Å². The van der Waals surface area contributed by atoms with E-state index in [1.807, 2.05) is 0 Å². The minimum Gasteiger partial charge on any atom is -0.481 e. The van der Waals surface area contributed by atoms with E-state index in [0.29, 0.717) is 0 Å². The molecular formula is C11H10ClNO5. The highest BCUT2D eigenvalue weighted by Gasteiger charge is 2.20. The summed E-state index contributed by atoms with van der Waals surface area (Å²) >= 11 is 5.62. The molecule has 7 heteroatoms. The SMILES string of the molecule is O=C(O)CCCC(=O)c1ccc(Cl)cc1[N+](=O)[O-]. The number of nitrogens with zero attached hydrogens (tertiary/aromatic N) is 1. The zero-order valence-electron chi connectivity index (χ0n) is 9.26. The largest absolute Gasteiger partial charge is 0.481 e. The third kappa shape index (κ3) is 3.81. The maximum Gasteiger partial charge on any atom is 0.303 e. The molecule has 0 unspecified atom stereocenters. The quantitative estimate of drug-likeness (QED) is 0.487. The van der Waals surface area contributed by atoms with Gasteiger partial charge in [-0.15, -0.1) is 0 Å². The molecule has 0 aliphatic rings. The van der Waals surface area contributed by atoms with Gasteiger partial charge in [-0.3, -0.25) is 19.7 Å².